The van der Waals surface area contributed by atoms with Crippen molar-refractivity contribution in [2.75, 3.05) is 23.8 Å². The van der Waals surface area contributed by atoms with Gasteiger partial charge in [0.1, 0.15) is 15.8 Å². The molecule has 0 heterocycles. The number of amides is 2. The Morgan fingerprint density at radius 1 is 0.767 bits per heavy atom. The Kier molecular flexibility index (Phi) is 16.6. The normalized spacial score (nSPS) is 10.7. The van der Waals surface area contributed by atoms with E-state index in [1.54, 1.807) is 41.5 Å². The number of rotatable bonds is 8. The van der Waals surface area contributed by atoms with Crippen molar-refractivity contribution in [1.29, 1.82) is 0 Å². The summed E-state index contributed by atoms with van der Waals surface area (Å²) in [6.45, 7) is 11.0. The molecule has 0 aliphatic rings. The summed E-state index contributed by atoms with van der Waals surface area (Å²) in [5.74, 6) is -0.790. The van der Waals surface area contributed by atoms with Crippen molar-refractivity contribution in [1.82, 2.24) is 10.6 Å². The molecule has 10 nitrogen and oxygen atoms in total. The predicted octanol–water partition coefficient (Wildman–Crippen LogP) is 3.48. The van der Waals surface area contributed by atoms with Gasteiger partial charge in [-0.2, -0.15) is 0 Å². The Morgan fingerprint density at radius 3 is 1.43 bits per heavy atom. The molecule has 0 saturated carbocycles. The van der Waals surface area contributed by atoms with Crippen LogP contribution in [-0.2, 0) is 28.5 Å². The minimum atomic E-state index is -0.554. The van der Waals surface area contributed by atoms with Crippen molar-refractivity contribution in [3.05, 3.63) is 0 Å². The zero-order valence-electron chi connectivity index (χ0n) is 18.3. The first-order valence-electron chi connectivity index (χ1n) is 9.07. The highest BCUT2D eigenvalue weighted by Crippen LogP contribution is 2.07. The van der Waals surface area contributed by atoms with Crippen molar-refractivity contribution in [2.24, 2.45) is 0 Å². The molecule has 0 unspecified atom stereocenters. The molecule has 0 aromatic heterocycles. The molecular weight excluding hydrogens is 535 g/mol. The van der Waals surface area contributed by atoms with E-state index >= 15 is 0 Å². The van der Waals surface area contributed by atoms with Crippen LogP contribution in [0.5, 0.6) is 0 Å². The van der Waals surface area contributed by atoms with Gasteiger partial charge in [-0.1, -0.05) is 11.6 Å². The lowest BCUT2D eigenvalue weighted by Crippen LogP contribution is -2.33. The number of ether oxygens (including phenoxy) is 4. The molecule has 2 N–H and O–H groups in total. The van der Waals surface area contributed by atoms with Gasteiger partial charge in [0.25, 0.3) is 0 Å². The van der Waals surface area contributed by atoms with Gasteiger partial charge in [0.15, 0.2) is 6.07 Å². The van der Waals surface area contributed by atoms with Crippen molar-refractivity contribution in [3.63, 3.8) is 0 Å². The van der Waals surface area contributed by atoms with Crippen LogP contribution in [0, 0.1) is 0 Å². The lowest BCUT2D eigenvalue weighted by atomic mass is 10.2. The van der Waals surface area contributed by atoms with E-state index in [1.807, 2.05) is 22.6 Å². The smallest absolute Gasteiger partial charge is 0.407 e. The SMILES string of the molecule is CC(C)(C)OC(=O)NCCC(=O)OCCl.CC(C)(C)OC(=O)NCCC(=O)OCI. The monoisotopic (exact) mass is 566 g/mol. The number of alkyl carbamates (subject to hydrolysis) is 2. The second-order valence-corrected chi connectivity index (χ2v) is 8.45. The van der Waals surface area contributed by atoms with Crippen molar-refractivity contribution < 1.29 is 38.1 Å². The topological polar surface area (TPSA) is 129 Å². The fourth-order valence-corrected chi connectivity index (χ4v) is 1.90. The van der Waals surface area contributed by atoms with Gasteiger partial charge < -0.3 is 29.6 Å². The summed E-state index contributed by atoms with van der Waals surface area (Å²) in [7, 11) is 0. The maximum absolute atomic E-state index is 11.1. The third kappa shape index (κ3) is 24.5. The number of nitrogens with one attached hydrogen (secondary N) is 2. The number of carbonyl (C=O) groups is 4. The summed E-state index contributed by atoms with van der Waals surface area (Å²) in [6.07, 6.45) is -0.847. The third-order valence-electron chi connectivity index (χ3n) is 2.43. The Bertz CT molecular complexity index is 499. The van der Waals surface area contributed by atoms with Crippen molar-refractivity contribution in [3.8, 4) is 0 Å². The zero-order valence-corrected chi connectivity index (χ0v) is 21.2. The summed E-state index contributed by atoms with van der Waals surface area (Å²) in [4.78, 5) is 43.9. The summed E-state index contributed by atoms with van der Waals surface area (Å²) >= 11 is 7.10. The minimum Gasteiger partial charge on any atom is -0.455 e. The molecule has 0 aliphatic carbocycles. The molecule has 0 aromatic carbocycles. The Morgan fingerprint density at radius 2 is 1.13 bits per heavy atom. The van der Waals surface area contributed by atoms with E-state index in [-0.39, 0.29) is 38.0 Å². The van der Waals surface area contributed by atoms with Gasteiger partial charge in [0.05, 0.1) is 12.8 Å². The highest BCUT2D eigenvalue weighted by atomic mass is 127. The molecular formula is C18H32ClIN2O8. The number of esters is 2. The highest BCUT2D eigenvalue weighted by Gasteiger charge is 2.16. The maximum atomic E-state index is 11.1. The Balaban J connectivity index is 0. The molecule has 176 valence electrons. The average Bonchev–Trinajstić information content (AvgIpc) is 2.52. The fourth-order valence-electron chi connectivity index (χ4n) is 1.43. The van der Waals surface area contributed by atoms with Gasteiger partial charge >= 0.3 is 24.1 Å². The summed E-state index contributed by atoms with van der Waals surface area (Å²) < 4.78 is 19.4. The molecule has 0 spiro atoms. The van der Waals surface area contributed by atoms with Gasteiger partial charge in [-0.3, -0.25) is 9.59 Å². The summed E-state index contributed by atoms with van der Waals surface area (Å²) in [5, 5.41) is 4.89. The van der Waals surface area contributed by atoms with Crippen LogP contribution in [0.3, 0.4) is 0 Å². The predicted molar refractivity (Wildman–Crippen MR) is 119 cm³/mol. The molecule has 0 bridgehead atoms. The van der Waals surface area contributed by atoms with Gasteiger partial charge in [0, 0.05) is 13.1 Å². The van der Waals surface area contributed by atoms with Gasteiger partial charge in [-0.05, 0) is 64.1 Å². The molecule has 12 heteroatoms. The largest absolute Gasteiger partial charge is 0.455 e. The number of halogens is 2. The van der Waals surface area contributed by atoms with Crippen LogP contribution >= 0.6 is 34.2 Å². The molecule has 0 saturated heterocycles. The van der Waals surface area contributed by atoms with Gasteiger partial charge in [0.2, 0.25) is 0 Å². The summed E-state index contributed by atoms with van der Waals surface area (Å²) in [6, 6.07) is -0.175. The van der Waals surface area contributed by atoms with Crippen LogP contribution in [0.25, 0.3) is 0 Å². The maximum Gasteiger partial charge on any atom is 0.407 e. The quantitative estimate of drug-likeness (QED) is 0.198. The first-order chi connectivity index (χ1) is 13.7. The second kappa shape index (κ2) is 16.2. The molecule has 0 atom stereocenters. The zero-order chi connectivity index (χ0) is 23.8. The molecule has 0 aromatic rings. The van der Waals surface area contributed by atoms with E-state index in [2.05, 4.69) is 20.1 Å². The molecule has 2 amide bonds. The van der Waals surface area contributed by atoms with Crippen LogP contribution in [0.4, 0.5) is 9.59 Å². The Hall–Kier alpha value is -1.50. The first kappa shape index (κ1) is 30.7. The molecule has 0 radical (unpaired) electrons. The second-order valence-electron chi connectivity index (χ2n) is 7.61. The van der Waals surface area contributed by atoms with Crippen molar-refractivity contribution >= 4 is 58.3 Å². The van der Waals surface area contributed by atoms with Gasteiger partial charge in [-0.25, -0.2) is 9.59 Å². The number of hydrogen-bond acceptors (Lipinski definition) is 8. The standard InChI is InChI=1S/C9H16ClNO4.C9H16INO4/c2*1-9(2,3)15-8(13)11-5-4-7(12)14-6-10/h2*4-6H2,1-3H3,(H,11,13). The van der Waals surface area contributed by atoms with Crippen LogP contribution in [0.15, 0.2) is 0 Å². The molecule has 0 rings (SSSR count). The molecule has 0 fully saturated rings. The average molecular weight is 567 g/mol. The molecule has 30 heavy (non-hydrogen) atoms. The first-order valence-corrected chi connectivity index (χ1v) is 11.1. The Labute approximate surface area is 196 Å². The third-order valence-corrected chi connectivity index (χ3v) is 2.85. The lowest BCUT2D eigenvalue weighted by molar-refractivity contribution is -0.142. The number of carbonyl (C=O) groups excluding carboxylic acids is 4. The van der Waals surface area contributed by atoms with E-state index in [0.717, 1.165) is 0 Å². The number of alkyl halides is 2. The molecule has 0 aliphatic heterocycles. The van der Waals surface area contributed by atoms with Crippen LogP contribution in [0.1, 0.15) is 54.4 Å². The van der Waals surface area contributed by atoms with E-state index in [1.165, 1.54) is 0 Å². The summed E-state index contributed by atoms with van der Waals surface area (Å²) in [5.41, 5.74) is -1.06. The van der Waals surface area contributed by atoms with E-state index in [0.29, 0.717) is 4.61 Å². The van der Waals surface area contributed by atoms with Crippen LogP contribution in [-0.4, -0.2) is 59.1 Å². The van der Waals surface area contributed by atoms with E-state index in [4.69, 9.17) is 21.1 Å². The van der Waals surface area contributed by atoms with Gasteiger partial charge in [-0.15, -0.1) is 0 Å². The van der Waals surface area contributed by atoms with Crippen LogP contribution < -0.4 is 10.6 Å². The van der Waals surface area contributed by atoms with E-state index in [9.17, 15) is 19.2 Å². The fraction of sp³-hybridized carbons (Fsp3) is 0.778. The lowest BCUT2D eigenvalue weighted by Gasteiger charge is -2.19. The highest BCUT2D eigenvalue weighted by molar-refractivity contribution is 14.1. The van der Waals surface area contributed by atoms with E-state index < -0.39 is 29.4 Å². The van der Waals surface area contributed by atoms with Crippen molar-refractivity contribution in [2.45, 2.75) is 65.6 Å². The number of hydrogen-bond donors (Lipinski definition) is 2. The minimum absolute atomic E-state index is 0.0754. The van der Waals surface area contributed by atoms with Crippen LogP contribution in [0.2, 0.25) is 0 Å².